The zero-order valence-corrected chi connectivity index (χ0v) is 19.7. The highest BCUT2D eigenvalue weighted by Crippen LogP contribution is 2.29. The molecule has 0 saturated heterocycles. The Balaban J connectivity index is 1.61. The number of amides is 1. The average Bonchev–Trinajstić information content (AvgIpc) is 3.40. The van der Waals surface area contributed by atoms with Crippen LogP contribution in [0.4, 0.5) is 0 Å². The molecule has 0 spiro atoms. The molecule has 2 aromatic heterocycles. The number of thiophene rings is 1. The molecule has 3 rings (SSSR count). The van der Waals surface area contributed by atoms with Crippen LogP contribution in [0.3, 0.4) is 0 Å². The number of benzene rings is 1. The number of aryl methyl sites for hydroxylation is 1. The van der Waals surface area contributed by atoms with Gasteiger partial charge in [0.1, 0.15) is 11.5 Å². The highest BCUT2D eigenvalue weighted by atomic mass is 32.1. The number of carbonyl (C=O) groups is 2. The van der Waals surface area contributed by atoms with Crippen LogP contribution in [0.15, 0.2) is 41.8 Å². The van der Waals surface area contributed by atoms with E-state index in [0.29, 0.717) is 23.6 Å². The number of nitrogens with zero attached hydrogens (tertiary/aromatic N) is 1. The number of esters is 1. The molecule has 0 fully saturated rings. The summed E-state index contributed by atoms with van der Waals surface area (Å²) in [5.41, 5.74) is 3.01. The molecule has 8 heteroatoms. The third-order valence-electron chi connectivity index (χ3n) is 5.30. The maximum Gasteiger partial charge on any atom is 0.340 e. The van der Waals surface area contributed by atoms with Crippen molar-refractivity contribution in [1.29, 1.82) is 0 Å². The Morgan fingerprint density at radius 3 is 2.56 bits per heavy atom. The number of nitrogens with one attached hydrogen (secondary N) is 1. The van der Waals surface area contributed by atoms with Crippen LogP contribution in [0, 0.1) is 13.8 Å². The van der Waals surface area contributed by atoms with Crippen LogP contribution in [0.1, 0.15) is 45.2 Å². The fourth-order valence-corrected chi connectivity index (χ4v) is 4.25. The van der Waals surface area contributed by atoms with Crippen LogP contribution in [-0.4, -0.2) is 37.3 Å². The molecule has 0 saturated carbocycles. The molecule has 0 bridgehead atoms. The number of carbonyl (C=O) groups excluding carboxylic acids is 2. The first-order chi connectivity index (χ1) is 15.3. The largest absolute Gasteiger partial charge is 0.497 e. The molecular weight excluding hydrogens is 428 g/mol. The van der Waals surface area contributed by atoms with E-state index in [4.69, 9.17) is 14.2 Å². The van der Waals surface area contributed by atoms with Gasteiger partial charge in [-0.25, -0.2) is 4.79 Å². The second-order valence-corrected chi connectivity index (χ2v) is 8.46. The van der Waals surface area contributed by atoms with Crippen LogP contribution in [-0.2, 0) is 16.1 Å². The zero-order chi connectivity index (χ0) is 23.3. The lowest BCUT2D eigenvalue weighted by Gasteiger charge is -2.18. The summed E-state index contributed by atoms with van der Waals surface area (Å²) in [5, 5.41) is 4.86. The minimum atomic E-state index is -0.516. The van der Waals surface area contributed by atoms with Crippen LogP contribution in [0.2, 0.25) is 0 Å². The second kappa shape index (κ2) is 10.4. The van der Waals surface area contributed by atoms with Crippen LogP contribution in [0.25, 0.3) is 0 Å². The molecule has 7 nitrogen and oxygen atoms in total. The molecule has 1 N–H and O–H groups in total. The van der Waals surface area contributed by atoms with E-state index in [-0.39, 0.29) is 12.6 Å². The first kappa shape index (κ1) is 23.4. The Bertz CT molecular complexity index is 1090. The minimum Gasteiger partial charge on any atom is -0.497 e. The zero-order valence-electron chi connectivity index (χ0n) is 18.9. The van der Waals surface area contributed by atoms with Gasteiger partial charge in [0.05, 0.1) is 32.4 Å². The maximum absolute atomic E-state index is 12.6. The van der Waals surface area contributed by atoms with Gasteiger partial charge < -0.3 is 24.1 Å². The molecule has 1 unspecified atom stereocenters. The van der Waals surface area contributed by atoms with E-state index in [2.05, 4.69) is 16.0 Å². The van der Waals surface area contributed by atoms with E-state index < -0.39 is 11.9 Å². The number of aromatic nitrogens is 1. The molecule has 3 aromatic rings. The van der Waals surface area contributed by atoms with Gasteiger partial charge in [-0.1, -0.05) is 6.07 Å². The summed E-state index contributed by atoms with van der Waals surface area (Å²) < 4.78 is 18.0. The first-order valence-corrected chi connectivity index (χ1v) is 11.1. The van der Waals surface area contributed by atoms with Gasteiger partial charge in [0, 0.05) is 21.8 Å². The molecular formula is C24H28N2O5S. The molecule has 0 aliphatic heterocycles. The fraction of sp³-hybridized carbons (Fsp3) is 0.333. The molecule has 1 amide bonds. The Morgan fingerprint density at radius 1 is 1.12 bits per heavy atom. The van der Waals surface area contributed by atoms with Gasteiger partial charge in [0.15, 0.2) is 6.61 Å². The van der Waals surface area contributed by atoms with Gasteiger partial charge >= 0.3 is 5.97 Å². The Morgan fingerprint density at radius 2 is 1.91 bits per heavy atom. The van der Waals surface area contributed by atoms with Gasteiger partial charge in [-0.05, 0) is 56.5 Å². The predicted octanol–water partition coefficient (Wildman–Crippen LogP) is 4.27. The summed E-state index contributed by atoms with van der Waals surface area (Å²) in [4.78, 5) is 26.3. The van der Waals surface area contributed by atoms with Crippen molar-refractivity contribution < 1.29 is 23.8 Å². The molecule has 1 aromatic carbocycles. The summed E-state index contributed by atoms with van der Waals surface area (Å²) in [6, 6.07) is 10.9. The Hall–Kier alpha value is -3.26. The van der Waals surface area contributed by atoms with Crippen LogP contribution >= 0.6 is 11.3 Å². The lowest BCUT2D eigenvalue weighted by molar-refractivity contribution is -0.124. The van der Waals surface area contributed by atoms with Crippen molar-refractivity contribution in [3.05, 3.63) is 69.2 Å². The average molecular weight is 457 g/mol. The summed E-state index contributed by atoms with van der Waals surface area (Å²) in [5.74, 6) is 0.375. The van der Waals surface area contributed by atoms with Crippen molar-refractivity contribution >= 4 is 23.2 Å². The number of hydrogen-bond donors (Lipinski definition) is 1. The standard InChI is InChI=1S/C24H28N2O5S/c1-15-11-21(17(3)26(15)13-19-7-6-10-32-19)24(28)31-14-23(27)25-16(2)20-12-18(29-4)8-9-22(20)30-5/h6-12,16H,13-14H2,1-5H3,(H,25,27). The maximum atomic E-state index is 12.6. The fourth-order valence-electron chi connectivity index (χ4n) is 3.56. The highest BCUT2D eigenvalue weighted by molar-refractivity contribution is 7.09. The highest BCUT2D eigenvalue weighted by Gasteiger charge is 2.20. The minimum absolute atomic E-state index is 0.359. The quantitative estimate of drug-likeness (QED) is 0.487. The molecule has 2 heterocycles. The van der Waals surface area contributed by atoms with Gasteiger partial charge in [-0.3, -0.25) is 4.79 Å². The SMILES string of the molecule is COc1ccc(OC)c(C(C)NC(=O)COC(=O)c2cc(C)n(Cc3cccs3)c2C)c1. The van der Waals surface area contributed by atoms with Crippen molar-refractivity contribution in [2.24, 2.45) is 0 Å². The Kier molecular flexibility index (Phi) is 7.58. The van der Waals surface area contributed by atoms with E-state index >= 15 is 0 Å². The lowest BCUT2D eigenvalue weighted by atomic mass is 10.1. The van der Waals surface area contributed by atoms with Crippen molar-refractivity contribution in [1.82, 2.24) is 9.88 Å². The summed E-state index contributed by atoms with van der Waals surface area (Å²) in [6.07, 6.45) is 0. The van der Waals surface area contributed by atoms with E-state index in [9.17, 15) is 9.59 Å². The van der Waals surface area contributed by atoms with E-state index in [0.717, 1.165) is 17.0 Å². The summed E-state index contributed by atoms with van der Waals surface area (Å²) in [6.45, 7) is 5.99. The Labute approximate surface area is 191 Å². The van der Waals surface area contributed by atoms with Gasteiger partial charge in [0.25, 0.3) is 5.91 Å². The number of rotatable bonds is 9. The predicted molar refractivity (Wildman–Crippen MR) is 124 cm³/mol. The molecule has 0 radical (unpaired) electrons. The summed E-state index contributed by atoms with van der Waals surface area (Å²) in [7, 11) is 3.14. The molecule has 32 heavy (non-hydrogen) atoms. The van der Waals surface area contributed by atoms with Crippen LogP contribution in [0.5, 0.6) is 11.5 Å². The van der Waals surface area contributed by atoms with E-state index in [1.165, 1.54) is 4.88 Å². The normalized spacial score (nSPS) is 11.7. The molecule has 1 atom stereocenters. The monoisotopic (exact) mass is 456 g/mol. The third kappa shape index (κ3) is 5.31. The van der Waals surface area contributed by atoms with E-state index in [1.807, 2.05) is 32.2 Å². The number of ether oxygens (including phenoxy) is 3. The van der Waals surface area contributed by atoms with Crippen molar-refractivity contribution in [2.45, 2.75) is 33.4 Å². The lowest BCUT2D eigenvalue weighted by Crippen LogP contribution is -2.31. The van der Waals surface area contributed by atoms with Crippen molar-refractivity contribution in [3.8, 4) is 11.5 Å². The van der Waals surface area contributed by atoms with Gasteiger partial charge in [-0.2, -0.15) is 0 Å². The topological polar surface area (TPSA) is 78.8 Å². The van der Waals surface area contributed by atoms with Crippen molar-refractivity contribution in [2.75, 3.05) is 20.8 Å². The smallest absolute Gasteiger partial charge is 0.340 e. The number of methoxy groups -OCH3 is 2. The van der Waals surface area contributed by atoms with E-state index in [1.54, 1.807) is 49.8 Å². The van der Waals surface area contributed by atoms with Crippen LogP contribution < -0.4 is 14.8 Å². The van der Waals surface area contributed by atoms with Gasteiger partial charge in [-0.15, -0.1) is 11.3 Å². The summed E-state index contributed by atoms with van der Waals surface area (Å²) >= 11 is 1.67. The number of hydrogen-bond acceptors (Lipinski definition) is 6. The second-order valence-electron chi connectivity index (χ2n) is 7.42. The molecule has 170 valence electrons. The molecule has 0 aliphatic carbocycles. The van der Waals surface area contributed by atoms with Crippen molar-refractivity contribution in [3.63, 3.8) is 0 Å². The molecule has 0 aliphatic rings. The third-order valence-corrected chi connectivity index (χ3v) is 6.16. The first-order valence-electron chi connectivity index (χ1n) is 10.2. The van der Waals surface area contributed by atoms with Gasteiger partial charge in [0.2, 0.25) is 0 Å².